The van der Waals surface area contributed by atoms with Crippen molar-refractivity contribution < 1.29 is 9.53 Å². The number of hydrogen-bond acceptors (Lipinski definition) is 7. The number of fused-ring (bicyclic) bond motifs is 1. The van der Waals surface area contributed by atoms with Crippen molar-refractivity contribution in [2.75, 3.05) is 24.2 Å². The lowest BCUT2D eigenvalue weighted by Gasteiger charge is -2.17. The standard InChI is InChI=1S/C24H24N6O2/c1-16-11-20(30-24-18-8-3-4-9-19(18)27-15-28-24)21(29-23(31)13-25-2)12-22(16)32-14-17-7-5-6-10-26-17/h3-12,15,25H,13-14H2,1-2H3,(H,29,31)(H,27,28,30). The van der Waals surface area contributed by atoms with Gasteiger partial charge in [-0.3, -0.25) is 9.78 Å². The fraction of sp³-hybridized carbons (Fsp3) is 0.167. The number of benzene rings is 2. The molecule has 0 radical (unpaired) electrons. The summed E-state index contributed by atoms with van der Waals surface area (Å²) in [5.41, 5.74) is 3.86. The molecule has 32 heavy (non-hydrogen) atoms. The summed E-state index contributed by atoms with van der Waals surface area (Å²) in [5, 5.41) is 10.0. The van der Waals surface area contributed by atoms with Crippen molar-refractivity contribution in [1.82, 2.24) is 20.3 Å². The average Bonchev–Trinajstić information content (AvgIpc) is 2.81. The lowest BCUT2D eigenvalue weighted by Crippen LogP contribution is -2.25. The van der Waals surface area contributed by atoms with E-state index in [1.54, 1.807) is 13.2 Å². The number of aromatic nitrogens is 3. The van der Waals surface area contributed by atoms with E-state index < -0.39 is 0 Å². The number of nitrogens with zero attached hydrogens (tertiary/aromatic N) is 3. The van der Waals surface area contributed by atoms with Crippen LogP contribution in [0.2, 0.25) is 0 Å². The van der Waals surface area contributed by atoms with Crippen molar-refractivity contribution >= 4 is 34.0 Å². The first kappa shape index (κ1) is 21.2. The molecule has 0 saturated heterocycles. The van der Waals surface area contributed by atoms with Crippen molar-refractivity contribution in [3.8, 4) is 5.75 Å². The highest BCUT2D eigenvalue weighted by molar-refractivity contribution is 5.98. The lowest BCUT2D eigenvalue weighted by molar-refractivity contribution is -0.115. The van der Waals surface area contributed by atoms with Gasteiger partial charge in [-0.1, -0.05) is 18.2 Å². The van der Waals surface area contributed by atoms with Crippen molar-refractivity contribution in [3.05, 3.63) is 78.4 Å². The summed E-state index contributed by atoms with van der Waals surface area (Å²) in [7, 11) is 1.72. The number of aryl methyl sites for hydroxylation is 1. The predicted octanol–water partition coefficient (Wildman–Crippen LogP) is 3.81. The number of ether oxygens (including phenoxy) is 1. The monoisotopic (exact) mass is 428 g/mol. The van der Waals surface area contributed by atoms with Gasteiger partial charge in [0.25, 0.3) is 0 Å². The summed E-state index contributed by atoms with van der Waals surface area (Å²) >= 11 is 0. The van der Waals surface area contributed by atoms with Gasteiger partial charge in [0.2, 0.25) is 5.91 Å². The minimum Gasteiger partial charge on any atom is -0.487 e. The summed E-state index contributed by atoms with van der Waals surface area (Å²) < 4.78 is 6.00. The molecule has 2 aromatic heterocycles. The van der Waals surface area contributed by atoms with Crippen molar-refractivity contribution in [2.45, 2.75) is 13.5 Å². The molecule has 0 saturated carbocycles. The molecule has 4 aromatic rings. The molecule has 0 aliphatic heterocycles. The Morgan fingerprint density at radius 3 is 2.66 bits per heavy atom. The topological polar surface area (TPSA) is 101 Å². The van der Waals surface area contributed by atoms with Gasteiger partial charge < -0.3 is 20.7 Å². The number of carbonyl (C=O) groups is 1. The van der Waals surface area contributed by atoms with Crippen LogP contribution in [0.4, 0.5) is 17.2 Å². The van der Waals surface area contributed by atoms with Gasteiger partial charge in [0.15, 0.2) is 0 Å². The van der Waals surface area contributed by atoms with Gasteiger partial charge in [-0.05, 0) is 49.9 Å². The minimum atomic E-state index is -0.164. The van der Waals surface area contributed by atoms with E-state index in [1.807, 2.05) is 61.5 Å². The number of nitrogens with one attached hydrogen (secondary N) is 3. The lowest BCUT2D eigenvalue weighted by atomic mass is 10.1. The summed E-state index contributed by atoms with van der Waals surface area (Å²) in [6.07, 6.45) is 3.25. The molecule has 0 atom stereocenters. The summed E-state index contributed by atoms with van der Waals surface area (Å²) in [5.74, 6) is 1.15. The summed E-state index contributed by atoms with van der Waals surface area (Å²) in [4.78, 5) is 25.3. The molecule has 0 aliphatic rings. The fourth-order valence-electron chi connectivity index (χ4n) is 3.27. The van der Waals surface area contributed by atoms with Crippen LogP contribution in [0.15, 0.2) is 67.1 Å². The smallest absolute Gasteiger partial charge is 0.238 e. The van der Waals surface area contributed by atoms with E-state index in [9.17, 15) is 4.79 Å². The number of carbonyl (C=O) groups excluding carboxylic acids is 1. The van der Waals surface area contributed by atoms with Crippen molar-refractivity contribution in [2.24, 2.45) is 0 Å². The molecule has 8 nitrogen and oxygen atoms in total. The maximum absolute atomic E-state index is 12.3. The molecule has 0 fully saturated rings. The first-order chi connectivity index (χ1) is 15.6. The molecule has 0 aliphatic carbocycles. The molecule has 0 spiro atoms. The number of pyridine rings is 1. The van der Waals surface area contributed by atoms with Crippen LogP contribution >= 0.6 is 0 Å². The predicted molar refractivity (Wildman–Crippen MR) is 125 cm³/mol. The van der Waals surface area contributed by atoms with Crippen LogP contribution in [-0.2, 0) is 11.4 Å². The SMILES string of the molecule is CNCC(=O)Nc1cc(OCc2ccccn2)c(C)cc1Nc1ncnc2ccccc12. The Hall–Kier alpha value is -4.04. The molecule has 0 unspecified atom stereocenters. The van der Waals surface area contributed by atoms with Gasteiger partial charge in [0.05, 0.1) is 29.1 Å². The Balaban J connectivity index is 1.66. The number of anilines is 3. The second-order valence-electron chi connectivity index (χ2n) is 7.22. The van der Waals surface area contributed by atoms with Crippen molar-refractivity contribution in [1.29, 1.82) is 0 Å². The van der Waals surface area contributed by atoms with Crippen LogP contribution in [0.1, 0.15) is 11.3 Å². The minimum absolute atomic E-state index is 0.164. The normalized spacial score (nSPS) is 10.7. The molecule has 162 valence electrons. The third-order valence-electron chi connectivity index (χ3n) is 4.82. The Kier molecular flexibility index (Phi) is 6.52. The summed E-state index contributed by atoms with van der Waals surface area (Å²) in [6, 6.07) is 17.2. The molecule has 0 bridgehead atoms. The quantitative estimate of drug-likeness (QED) is 0.392. The molecular formula is C24H24N6O2. The third kappa shape index (κ3) is 4.98. The number of likely N-dealkylation sites (N-methyl/N-ethyl adjacent to an activating group) is 1. The largest absolute Gasteiger partial charge is 0.487 e. The highest BCUT2D eigenvalue weighted by atomic mass is 16.5. The van der Waals surface area contributed by atoms with E-state index in [4.69, 9.17) is 4.74 Å². The second kappa shape index (κ2) is 9.84. The highest BCUT2D eigenvalue weighted by Gasteiger charge is 2.14. The molecular weight excluding hydrogens is 404 g/mol. The van der Waals surface area contributed by atoms with Gasteiger partial charge in [0.1, 0.15) is 24.5 Å². The Bertz CT molecular complexity index is 1220. The average molecular weight is 428 g/mol. The van der Waals surface area contributed by atoms with E-state index in [2.05, 4.69) is 30.9 Å². The van der Waals surface area contributed by atoms with E-state index >= 15 is 0 Å². The van der Waals surface area contributed by atoms with Gasteiger partial charge in [-0.2, -0.15) is 0 Å². The zero-order valence-corrected chi connectivity index (χ0v) is 17.9. The molecule has 8 heteroatoms. The van der Waals surface area contributed by atoms with Crippen molar-refractivity contribution in [3.63, 3.8) is 0 Å². The molecule has 2 aromatic carbocycles. The van der Waals surface area contributed by atoms with Crippen LogP contribution < -0.4 is 20.7 Å². The summed E-state index contributed by atoms with van der Waals surface area (Å²) in [6.45, 7) is 2.47. The van der Waals surface area contributed by atoms with E-state index in [0.29, 0.717) is 29.5 Å². The molecule has 3 N–H and O–H groups in total. The fourth-order valence-corrected chi connectivity index (χ4v) is 3.27. The van der Waals surface area contributed by atoms with Crippen LogP contribution in [0, 0.1) is 6.92 Å². The zero-order valence-electron chi connectivity index (χ0n) is 17.9. The van der Waals surface area contributed by atoms with Crippen LogP contribution in [0.3, 0.4) is 0 Å². The van der Waals surface area contributed by atoms with E-state index in [0.717, 1.165) is 22.2 Å². The highest BCUT2D eigenvalue weighted by Crippen LogP contribution is 2.34. The van der Waals surface area contributed by atoms with Crippen LogP contribution in [-0.4, -0.2) is 34.5 Å². The third-order valence-corrected chi connectivity index (χ3v) is 4.82. The Morgan fingerprint density at radius 2 is 1.84 bits per heavy atom. The number of amides is 1. The van der Waals surface area contributed by atoms with Gasteiger partial charge in [-0.15, -0.1) is 0 Å². The first-order valence-corrected chi connectivity index (χ1v) is 10.2. The molecule has 4 rings (SSSR count). The van der Waals surface area contributed by atoms with Crippen LogP contribution in [0.25, 0.3) is 10.9 Å². The number of hydrogen-bond donors (Lipinski definition) is 3. The number of rotatable bonds is 8. The number of para-hydroxylation sites is 1. The Morgan fingerprint density at radius 1 is 1.00 bits per heavy atom. The maximum atomic E-state index is 12.3. The van der Waals surface area contributed by atoms with Gasteiger partial charge >= 0.3 is 0 Å². The first-order valence-electron chi connectivity index (χ1n) is 10.2. The molecule has 2 heterocycles. The van der Waals surface area contributed by atoms with E-state index in [-0.39, 0.29) is 12.5 Å². The van der Waals surface area contributed by atoms with E-state index in [1.165, 1.54) is 6.33 Å². The van der Waals surface area contributed by atoms with Gasteiger partial charge in [0, 0.05) is 17.6 Å². The second-order valence-corrected chi connectivity index (χ2v) is 7.22. The Labute approximate surface area is 186 Å². The maximum Gasteiger partial charge on any atom is 0.238 e. The van der Waals surface area contributed by atoms with Crippen LogP contribution in [0.5, 0.6) is 5.75 Å². The molecule has 1 amide bonds. The van der Waals surface area contributed by atoms with Gasteiger partial charge in [-0.25, -0.2) is 9.97 Å². The zero-order chi connectivity index (χ0) is 22.3.